The third-order valence-corrected chi connectivity index (χ3v) is 2.12. The summed E-state index contributed by atoms with van der Waals surface area (Å²) in [5, 5.41) is 0. The molecule has 0 unspecified atom stereocenters. The molecule has 0 bridgehead atoms. The average molecular weight is 228 g/mol. The van der Waals surface area contributed by atoms with Crippen LogP contribution in [0, 0.1) is 5.92 Å². The maximum atomic E-state index is 11.8. The van der Waals surface area contributed by atoms with Crippen molar-refractivity contribution in [3.63, 3.8) is 0 Å². The number of nitrogens with two attached hydrogens (primary N) is 1. The van der Waals surface area contributed by atoms with Crippen LogP contribution in [0.1, 0.15) is 30.6 Å². The van der Waals surface area contributed by atoms with E-state index in [0.29, 0.717) is 11.5 Å². The van der Waals surface area contributed by atoms with Gasteiger partial charge in [-0.1, -0.05) is 44.2 Å². The van der Waals surface area contributed by atoms with E-state index in [1.165, 1.54) is 0 Å². The van der Waals surface area contributed by atoms with E-state index in [0.717, 1.165) is 6.42 Å². The van der Waals surface area contributed by atoms with Gasteiger partial charge in [-0.3, -0.25) is 4.79 Å². The van der Waals surface area contributed by atoms with Gasteiger partial charge in [-0.2, -0.15) is 0 Å². The highest BCUT2D eigenvalue weighted by Gasteiger charge is 2.16. The summed E-state index contributed by atoms with van der Waals surface area (Å²) in [4.78, 5) is 11.8. The van der Waals surface area contributed by atoms with E-state index in [9.17, 15) is 4.79 Å². The average Bonchev–Trinajstić information content (AvgIpc) is 2.17. The summed E-state index contributed by atoms with van der Waals surface area (Å²) < 4.78 is 0. The van der Waals surface area contributed by atoms with E-state index in [1.54, 1.807) is 0 Å². The smallest absolute Gasteiger partial charge is 0.179 e. The zero-order valence-corrected chi connectivity index (χ0v) is 9.96. The lowest BCUT2D eigenvalue weighted by atomic mass is 9.97. The molecule has 0 aliphatic carbocycles. The Labute approximate surface area is 97.3 Å². The fraction of sp³-hybridized carbons (Fsp3) is 0.417. The first kappa shape index (κ1) is 14.1. The van der Waals surface area contributed by atoms with Gasteiger partial charge in [-0.25, -0.2) is 0 Å². The number of hydrogen-bond donors (Lipinski definition) is 1. The largest absolute Gasteiger partial charge is 0.321 e. The SMILES string of the molecule is CC(C)C[C@H](N)C(=O)c1ccccc1.Cl. The fourth-order valence-corrected chi connectivity index (χ4v) is 1.43. The van der Waals surface area contributed by atoms with Crippen LogP contribution in [0.25, 0.3) is 0 Å². The van der Waals surface area contributed by atoms with Crippen molar-refractivity contribution in [2.75, 3.05) is 0 Å². The monoisotopic (exact) mass is 227 g/mol. The summed E-state index contributed by atoms with van der Waals surface area (Å²) in [6.45, 7) is 4.14. The Morgan fingerprint density at radius 1 is 1.27 bits per heavy atom. The van der Waals surface area contributed by atoms with Crippen LogP contribution in [0.15, 0.2) is 30.3 Å². The molecule has 1 atom stereocenters. The lowest BCUT2D eigenvalue weighted by molar-refractivity contribution is 0.0951. The molecule has 1 aromatic rings. The van der Waals surface area contributed by atoms with Crippen molar-refractivity contribution in [2.24, 2.45) is 11.7 Å². The van der Waals surface area contributed by atoms with Crippen LogP contribution in [-0.2, 0) is 0 Å². The van der Waals surface area contributed by atoms with Gasteiger partial charge in [0.15, 0.2) is 5.78 Å². The molecule has 3 heteroatoms. The van der Waals surface area contributed by atoms with Crippen LogP contribution in [0.2, 0.25) is 0 Å². The van der Waals surface area contributed by atoms with Crippen molar-refractivity contribution >= 4 is 18.2 Å². The summed E-state index contributed by atoms with van der Waals surface area (Å²) in [5.41, 5.74) is 6.51. The predicted octanol–water partition coefficient (Wildman–Crippen LogP) is 2.66. The van der Waals surface area contributed by atoms with E-state index >= 15 is 0 Å². The van der Waals surface area contributed by atoms with Crippen molar-refractivity contribution in [3.8, 4) is 0 Å². The second-order valence-corrected chi connectivity index (χ2v) is 3.97. The Morgan fingerprint density at radius 3 is 2.27 bits per heavy atom. The molecule has 0 aliphatic heterocycles. The number of Topliss-reactive ketones (excluding diaryl/α,β-unsaturated/α-hetero) is 1. The van der Waals surface area contributed by atoms with Crippen molar-refractivity contribution in [1.82, 2.24) is 0 Å². The molecular weight excluding hydrogens is 210 g/mol. The van der Waals surface area contributed by atoms with Crippen molar-refractivity contribution < 1.29 is 4.79 Å². The molecule has 2 nitrogen and oxygen atoms in total. The third kappa shape index (κ3) is 4.45. The van der Waals surface area contributed by atoms with Crippen molar-refractivity contribution in [1.29, 1.82) is 0 Å². The molecule has 0 fully saturated rings. The molecule has 0 radical (unpaired) electrons. The molecule has 0 heterocycles. The van der Waals surface area contributed by atoms with Gasteiger partial charge in [0.05, 0.1) is 6.04 Å². The molecule has 84 valence electrons. The maximum Gasteiger partial charge on any atom is 0.179 e. The summed E-state index contributed by atoms with van der Waals surface area (Å²) in [5.74, 6) is 0.497. The zero-order valence-electron chi connectivity index (χ0n) is 9.14. The van der Waals surface area contributed by atoms with Gasteiger partial charge in [0.2, 0.25) is 0 Å². The van der Waals surface area contributed by atoms with Crippen LogP contribution in [0.5, 0.6) is 0 Å². The Kier molecular flexibility index (Phi) is 6.21. The zero-order chi connectivity index (χ0) is 10.6. The molecular formula is C12H18ClNO. The first-order chi connectivity index (χ1) is 6.61. The summed E-state index contributed by atoms with van der Waals surface area (Å²) in [6.07, 6.45) is 0.744. The molecule has 0 aromatic heterocycles. The first-order valence-corrected chi connectivity index (χ1v) is 4.96. The third-order valence-electron chi connectivity index (χ3n) is 2.12. The topological polar surface area (TPSA) is 43.1 Å². The van der Waals surface area contributed by atoms with Crippen LogP contribution in [-0.4, -0.2) is 11.8 Å². The Balaban J connectivity index is 0.00000196. The molecule has 2 N–H and O–H groups in total. The molecule has 0 amide bonds. The van der Waals surface area contributed by atoms with Crippen molar-refractivity contribution in [2.45, 2.75) is 26.3 Å². The molecule has 0 spiro atoms. The van der Waals surface area contributed by atoms with Crippen LogP contribution >= 0.6 is 12.4 Å². The molecule has 15 heavy (non-hydrogen) atoms. The van der Waals surface area contributed by atoms with Gasteiger partial charge in [-0.05, 0) is 12.3 Å². The Bertz CT molecular complexity index is 298. The van der Waals surface area contributed by atoms with E-state index in [2.05, 4.69) is 13.8 Å². The minimum Gasteiger partial charge on any atom is -0.321 e. The number of carbonyl (C=O) groups is 1. The number of ketones is 1. The highest BCUT2D eigenvalue weighted by atomic mass is 35.5. The summed E-state index contributed by atoms with van der Waals surface area (Å²) in [6, 6.07) is 8.86. The molecule has 0 aliphatic rings. The minimum atomic E-state index is -0.364. The van der Waals surface area contributed by atoms with E-state index in [4.69, 9.17) is 5.73 Å². The number of carbonyl (C=O) groups excluding carboxylic acids is 1. The van der Waals surface area contributed by atoms with Crippen LogP contribution < -0.4 is 5.73 Å². The highest BCUT2D eigenvalue weighted by molar-refractivity contribution is 5.99. The predicted molar refractivity (Wildman–Crippen MR) is 65.5 cm³/mol. The number of rotatable bonds is 4. The number of hydrogen-bond acceptors (Lipinski definition) is 2. The Hall–Kier alpha value is -0.860. The van der Waals surface area contributed by atoms with Gasteiger partial charge in [0.25, 0.3) is 0 Å². The van der Waals surface area contributed by atoms with Crippen LogP contribution in [0.4, 0.5) is 0 Å². The van der Waals surface area contributed by atoms with E-state index in [-0.39, 0.29) is 24.2 Å². The summed E-state index contributed by atoms with van der Waals surface area (Å²) >= 11 is 0. The van der Waals surface area contributed by atoms with Gasteiger partial charge in [0, 0.05) is 5.56 Å². The van der Waals surface area contributed by atoms with E-state index in [1.807, 2.05) is 30.3 Å². The van der Waals surface area contributed by atoms with Gasteiger partial charge in [0.1, 0.15) is 0 Å². The lowest BCUT2D eigenvalue weighted by Gasteiger charge is -2.12. The second-order valence-electron chi connectivity index (χ2n) is 3.97. The van der Waals surface area contributed by atoms with Gasteiger partial charge in [-0.15, -0.1) is 12.4 Å². The second kappa shape index (κ2) is 6.59. The van der Waals surface area contributed by atoms with Gasteiger partial charge < -0.3 is 5.73 Å². The van der Waals surface area contributed by atoms with Crippen molar-refractivity contribution in [3.05, 3.63) is 35.9 Å². The summed E-state index contributed by atoms with van der Waals surface area (Å²) in [7, 11) is 0. The lowest BCUT2D eigenvalue weighted by Crippen LogP contribution is -2.31. The first-order valence-electron chi connectivity index (χ1n) is 4.96. The maximum absolute atomic E-state index is 11.8. The standard InChI is InChI=1S/C12H17NO.ClH/c1-9(2)8-11(13)12(14)10-6-4-3-5-7-10;/h3-7,9,11H,8,13H2,1-2H3;1H/t11-;/m0./s1. The minimum absolute atomic E-state index is 0. The fourth-order valence-electron chi connectivity index (χ4n) is 1.43. The molecule has 1 aromatic carbocycles. The normalized spacial score (nSPS) is 12.0. The quantitative estimate of drug-likeness (QED) is 0.804. The van der Waals surface area contributed by atoms with E-state index < -0.39 is 0 Å². The van der Waals surface area contributed by atoms with Gasteiger partial charge >= 0.3 is 0 Å². The molecule has 1 rings (SSSR count). The number of halogens is 1. The molecule has 0 saturated heterocycles. The highest BCUT2D eigenvalue weighted by Crippen LogP contribution is 2.09. The molecule has 0 saturated carbocycles. The Morgan fingerprint density at radius 2 is 1.80 bits per heavy atom. The van der Waals surface area contributed by atoms with Crippen LogP contribution in [0.3, 0.4) is 0 Å². The number of benzene rings is 1.